The molecular formula is C20H19FN6O2. The number of carbonyl (C=O) groups excluding carboxylic acids is 2. The lowest BCUT2D eigenvalue weighted by Gasteiger charge is -2.13. The van der Waals surface area contributed by atoms with E-state index < -0.39 is 11.7 Å². The molecule has 0 bridgehead atoms. The number of rotatable bonds is 7. The van der Waals surface area contributed by atoms with Crippen LogP contribution in [-0.2, 0) is 11.3 Å². The molecule has 3 rings (SSSR count). The molecular weight excluding hydrogens is 375 g/mol. The molecule has 3 aromatic rings. The summed E-state index contributed by atoms with van der Waals surface area (Å²) in [6, 6.07) is 10.0. The van der Waals surface area contributed by atoms with E-state index in [4.69, 9.17) is 5.73 Å². The maximum atomic E-state index is 13.3. The highest BCUT2D eigenvalue weighted by Gasteiger charge is 2.11. The number of pyridine rings is 2. The summed E-state index contributed by atoms with van der Waals surface area (Å²) in [7, 11) is 0. The first-order valence-electron chi connectivity index (χ1n) is 8.68. The second kappa shape index (κ2) is 8.79. The second-order valence-electron chi connectivity index (χ2n) is 6.23. The number of anilines is 4. The number of amides is 2. The summed E-state index contributed by atoms with van der Waals surface area (Å²) in [4.78, 5) is 30.8. The Kier molecular flexibility index (Phi) is 5.98. The minimum Gasteiger partial charge on any atom is -0.380 e. The van der Waals surface area contributed by atoms with E-state index in [-0.39, 0.29) is 18.0 Å². The van der Waals surface area contributed by atoms with Gasteiger partial charge in [0.25, 0.3) is 5.91 Å². The van der Waals surface area contributed by atoms with Gasteiger partial charge in [0.1, 0.15) is 11.6 Å². The zero-order chi connectivity index (χ0) is 20.8. The van der Waals surface area contributed by atoms with Crippen LogP contribution in [0.3, 0.4) is 0 Å². The molecule has 29 heavy (non-hydrogen) atoms. The third-order valence-electron chi connectivity index (χ3n) is 3.89. The van der Waals surface area contributed by atoms with Crippen LogP contribution in [0.1, 0.15) is 22.8 Å². The lowest BCUT2D eigenvalue weighted by atomic mass is 10.2. The molecule has 0 unspecified atom stereocenters. The second-order valence-corrected chi connectivity index (χ2v) is 6.23. The van der Waals surface area contributed by atoms with Crippen LogP contribution in [-0.4, -0.2) is 21.8 Å². The normalized spacial score (nSPS) is 10.3. The van der Waals surface area contributed by atoms with Gasteiger partial charge < -0.3 is 21.7 Å². The molecule has 0 fully saturated rings. The van der Waals surface area contributed by atoms with Gasteiger partial charge in [0, 0.05) is 43.3 Å². The molecule has 0 saturated carbocycles. The third-order valence-corrected chi connectivity index (χ3v) is 3.89. The molecule has 148 valence electrons. The van der Waals surface area contributed by atoms with Gasteiger partial charge in [-0.1, -0.05) is 0 Å². The molecule has 8 nitrogen and oxygen atoms in total. The van der Waals surface area contributed by atoms with Gasteiger partial charge in [-0.15, -0.1) is 0 Å². The average Bonchev–Trinajstić information content (AvgIpc) is 2.67. The number of aromatic nitrogens is 2. The van der Waals surface area contributed by atoms with Crippen LogP contribution in [0, 0.1) is 5.82 Å². The van der Waals surface area contributed by atoms with Crippen molar-refractivity contribution in [1.82, 2.24) is 9.97 Å². The monoisotopic (exact) mass is 394 g/mol. The highest BCUT2D eigenvalue weighted by molar-refractivity contribution is 5.98. The van der Waals surface area contributed by atoms with E-state index in [0.717, 1.165) is 11.9 Å². The number of carbonyl (C=O) groups is 2. The van der Waals surface area contributed by atoms with Gasteiger partial charge in [0.2, 0.25) is 5.91 Å². The van der Waals surface area contributed by atoms with Gasteiger partial charge in [-0.3, -0.25) is 14.6 Å². The molecule has 2 amide bonds. The van der Waals surface area contributed by atoms with Gasteiger partial charge >= 0.3 is 0 Å². The van der Waals surface area contributed by atoms with E-state index in [1.807, 2.05) is 0 Å². The minimum atomic E-state index is -0.636. The topological polar surface area (TPSA) is 122 Å². The Morgan fingerprint density at radius 1 is 1.07 bits per heavy atom. The Morgan fingerprint density at radius 3 is 2.45 bits per heavy atom. The van der Waals surface area contributed by atoms with E-state index in [0.29, 0.717) is 22.8 Å². The summed E-state index contributed by atoms with van der Waals surface area (Å²) in [5.41, 5.74) is 8.10. The largest absolute Gasteiger partial charge is 0.380 e. The van der Waals surface area contributed by atoms with Gasteiger partial charge in [-0.2, -0.15) is 0 Å². The standard InChI is InChI=1S/C20H19FN6O2/c1-12(28)26-15-2-4-16(5-3-15)27-19-7-18(17(11-25-19)20(22)29)24-9-13-6-14(21)10-23-8-13/h2-8,10-11H,9H2,1H3,(H2,22,29)(H,26,28)(H2,24,25,27). The van der Waals surface area contributed by atoms with Gasteiger partial charge in [-0.05, 0) is 35.9 Å². The highest BCUT2D eigenvalue weighted by Crippen LogP contribution is 2.23. The summed E-state index contributed by atoms with van der Waals surface area (Å²) in [6.07, 6.45) is 4.00. The smallest absolute Gasteiger partial charge is 0.252 e. The van der Waals surface area contributed by atoms with Crippen LogP contribution in [0.2, 0.25) is 0 Å². The fraction of sp³-hybridized carbons (Fsp3) is 0.100. The van der Waals surface area contributed by atoms with E-state index in [2.05, 4.69) is 25.9 Å². The first-order chi connectivity index (χ1) is 13.9. The molecule has 0 spiro atoms. The summed E-state index contributed by atoms with van der Waals surface area (Å²) in [5.74, 6) is -0.761. The van der Waals surface area contributed by atoms with Crippen molar-refractivity contribution in [3.8, 4) is 0 Å². The van der Waals surface area contributed by atoms with Crippen LogP contribution < -0.4 is 21.7 Å². The number of nitrogens with zero attached hydrogens (tertiary/aromatic N) is 2. The number of hydrogen-bond acceptors (Lipinski definition) is 6. The Bertz CT molecular complexity index is 1040. The van der Waals surface area contributed by atoms with E-state index in [1.165, 1.54) is 25.4 Å². The highest BCUT2D eigenvalue weighted by atomic mass is 19.1. The van der Waals surface area contributed by atoms with Crippen LogP contribution in [0.4, 0.5) is 27.3 Å². The Balaban J connectivity index is 1.77. The lowest BCUT2D eigenvalue weighted by molar-refractivity contribution is -0.114. The number of hydrogen-bond donors (Lipinski definition) is 4. The summed E-state index contributed by atoms with van der Waals surface area (Å²) in [6.45, 7) is 1.69. The van der Waals surface area contributed by atoms with Crippen LogP contribution in [0.5, 0.6) is 0 Å². The predicted octanol–water partition coefficient (Wildman–Crippen LogP) is 3.03. The number of benzene rings is 1. The fourth-order valence-corrected chi connectivity index (χ4v) is 2.60. The maximum absolute atomic E-state index is 13.3. The SMILES string of the molecule is CC(=O)Nc1ccc(Nc2cc(NCc3cncc(F)c3)c(C(N)=O)cn2)cc1. The Morgan fingerprint density at radius 2 is 1.79 bits per heavy atom. The van der Waals surface area contributed by atoms with Gasteiger partial charge in [0.05, 0.1) is 17.4 Å². The van der Waals surface area contributed by atoms with Gasteiger partial charge in [-0.25, -0.2) is 9.37 Å². The molecule has 9 heteroatoms. The number of nitrogens with two attached hydrogens (primary N) is 1. The minimum absolute atomic E-state index is 0.154. The molecule has 0 atom stereocenters. The van der Waals surface area contributed by atoms with Crippen molar-refractivity contribution in [2.24, 2.45) is 5.73 Å². The van der Waals surface area contributed by atoms with Crippen molar-refractivity contribution >= 4 is 34.7 Å². The molecule has 0 radical (unpaired) electrons. The number of halogens is 1. The summed E-state index contributed by atoms with van der Waals surface area (Å²) in [5, 5.41) is 8.86. The quantitative estimate of drug-likeness (QED) is 0.489. The zero-order valence-electron chi connectivity index (χ0n) is 15.6. The molecule has 0 aliphatic carbocycles. The van der Waals surface area contributed by atoms with E-state index >= 15 is 0 Å². The maximum Gasteiger partial charge on any atom is 0.252 e. The third kappa shape index (κ3) is 5.48. The van der Waals surface area contributed by atoms with E-state index in [1.54, 1.807) is 30.3 Å². The fourth-order valence-electron chi connectivity index (χ4n) is 2.60. The van der Waals surface area contributed by atoms with Gasteiger partial charge in [0.15, 0.2) is 0 Å². The first kappa shape index (κ1) is 19.7. The molecule has 5 N–H and O–H groups in total. The van der Waals surface area contributed by atoms with Crippen LogP contribution >= 0.6 is 0 Å². The Labute approximate surface area is 166 Å². The van der Waals surface area contributed by atoms with Crippen molar-refractivity contribution in [3.05, 3.63) is 71.9 Å². The van der Waals surface area contributed by atoms with Crippen molar-refractivity contribution < 1.29 is 14.0 Å². The molecule has 0 aliphatic rings. The molecule has 0 saturated heterocycles. The average molecular weight is 394 g/mol. The van der Waals surface area contributed by atoms with Crippen LogP contribution in [0.15, 0.2) is 55.0 Å². The van der Waals surface area contributed by atoms with Crippen molar-refractivity contribution in [2.75, 3.05) is 16.0 Å². The molecule has 1 aromatic carbocycles. The first-order valence-corrected chi connectivity index (χ1v) is 8.68. The summed E-state index contributed by atoms with van der Waals surface area (Å²) < 4.78 is 13.3. The lowest BCUT2D eigenvalue weighted by Crippen LogP contribution is -2.15. The zero-order valence-corrected chi connectivity index (χ0v) is 15.6. The molecule has 2 aromatic heterocycles. The predicted molar refractivity (Wildman–Crippen MR) is 108 cm³/mol. The summed E-state index contributed by atoms with van der Waals surface area (Å²) >= 11 is 0. The Hall–Kier alpha value is -4.01. The molecule has 2 heterocycles. The molecule has 0 aliphatic heterocycles. The van der Waals surface area contributed by atoms with Crippen molar-refractivity contribution in [2.45, 2.75) is 13.5 Å². The number of nitrogens with one attached hydrogen (secondary N) is 3. The van der Waals surface area contributed by atoms with Crippen molar-refractivity contribution in [3.63, 3.8) is 0 Å². The van der Waals surface area contributed by atoms with Crippen molar-refractivity contribution in [1.29, 1.82) is 0 Å². The van der Waals surface area contributed by atoms with Crippen LogP contribution in [0.25, 0.3) is 0 Å². The van der Waals surface area contributed by atoms with E-state index in [9.17, 15) is 14.0 Å². The number of primary amides is 1.